The molecule has 0 spiro atoms. The fourth-order valence-corrected chi connectivity index (χ4v) is 3.08. The molecule has 1 aliphatic rings. The Morgan fingerprint density at radius 3 is 3.00 bits per heavy atom. The summed E-state index contributed by atoms with van der Waals surface area (Å²) in [6, 6.07) is 6.17. The Kier molecular flexibility index (Phi) is 4.70. The van der Waals surface area contributed by atoms with Gasteiger partial charge in [-0.1, -0.05) is 6.92 Å². The number of benzene rings is 1. The molecule has 2 nitrogen and oxygen atoms in total. The number of ketones is 1. The quantitative estimate of drug-likeness (QED) is 0.600. The highest BCUT2D eigenvalue weighted by molar-refractivity contribution is 7.99. The molecule has 98 valence electrons. The first-order valence-corrected chi connectivity index (χ1v) is 7.84. The Balaban J connectivity index is 2.14. The Morgan fingerprint density at radius 2 is 2.28 bits per heavy atom. The smallest absolute Gasteiger partial charge is 0.159 e. The van der Waals surface area contributed by atoms with Crippen molar-refractivity contribution in [2.75, 3.05) is 29.5 Å². The minimum atomic E-state index is 0.163. The third-order valence-electron chi connectivity index (χ3n) is 3.41. The third kappa shape index (κ3) is 3.08. The average Bonchev–Trinajstić information content (AvgIpc) is 2.38. The molecule has 0 aromatic heterocycles. The molecule has 0 bridgehead atoms. The predicted molar refractivity (Wildman–Crippen MR) is 80.0 cm³/mol. The van der Waals surface area contributed by atoms with Gasteiger partial charge >= 0.3 is 0 Å². The van der Waals surface area contributed by atoms with Crippen molar-refractivity contribution in [2.24, 2.45) is 0 Å². The van der Waals surface area contributed by atoms with Crippen molar-refractivity contribution >= 4 is 23.2 Å². The molecule has 3 heteroatoms. The molecule has 1 aromatic carbocycles. The molecule has 0 saturated heterocycles. The van der Waals surface area contributed by atoms with Crippen LogP contribution in [0.2, 0.25) is 0 Å². The largest absolute Gasteiger partial charge is 0.370 e. The zero-order valence-electron chi connectivity index (χ0n) is 11.2. The van der Waals surface area contributed by atoms with Crippen molar-refractivity contribution in [1.29, 1.82) is 0 Å². The lowest BCUT2D eigenvalue weighted by Crippen LogP contribution is -2.31. The zero-order valence-corrected chi connectivity index (χ0v) is 12.1. The number of thioether (sulfide) groups is 1. The van der Waals surface area contributed by atoms with Crippen LogP contribution in [0.25, 0.3) is 0 Å². The van der Waals surface area contributed by atoms with E-state index in [1.165, 1.54) is 29.2 Å². The highest BCUT2D eigenvalue weighted by atomic mass is 32.2. The van der Waals surface area contributed by atoms with E-state index >= 15 is 0 Å². The van der Waals surface area contributed by atoms with Gasteiger partial charge in [0.15, 0.2) is 5.78 Å². The van der Waals surface area contributed by atoms with E-state index in [2.05, 4.69) is 24.0 Å². The predicted octanol–water partition coefficient (Wildman–Crippen LogP) is 3.39. The first-order chi connectivity index (χ1) is 8.72. The van der Waals surface area contributed by atoms with Gasteiger partial charge < -0.3 is 4.90 Å². The lowest BCUT2D eigenvalue weighted by atomic mass is 9.98. The van der Waals surface area contributed by atoms with Crippen LogP contribution in [0.15, 0.2) is 18.2 Å². The standard InChI is InChI=1S/C15H21NOS/c1-3-18-10-9-16-8-4-5-14-11-13(12(2)17)6-7-15(14)16/h6-7,11H,3-5,8-10H2,1-2H3. The van der Waals surface area contributed by atoms with Gasteiger partial charge in [-0.05, 0) is 49.3 Å². The number of carbonyl (C=O) groups is 1. The van der Waals surface area contributed by atoms with Crippen LogP contribution in [0.3, 0.4) is 0 Å². The molecule has 0 saturated carbocycles. The number of fused-ring (bicyclic) bond motifs is 1. The van der Waals surface area contributed by atoms with Gasteiger partial charge in [0.25, 0.3) is 0 Å². The van der Waals surface area contributed by atoms with Crippen molar-refractivity contribution in [1.82, 2.24) is 0 Å². The lowest BCUT2D eigenvalue weighted by molar-refractivity contribution is 0.101. The van der Waals surface area contributed by atoms with Gasteiger partial charge in [-0.15, -0.1) is 0 Å². The maximum Gasteiger partial charge on any atom is 0.159 e. The van der Waals surface area contributed by atoms with Crippen LogP contribution < -0.4 is 4.90 Å². The summed E-state index contributed by atoms with van der Waals surface area (Å²) in [5, 5.41) is 0. The van der Waals surface area contributed by atoms with E-state index in [0.29, 0.717) is 0 Å². The minimum absolute atomic E-state index is 0.163. The molecule has 0 amide bonds. The fourth-order valence-electron chi connectivity index (χ4n) is 2.45. The van der Waals surface area contributed by atoms with Crippen molar-refractivity contribution in [3.8, 4) is 0 Å². The molecule has 0 aliphatic carbocycles. The van der Waals surface area contributed by atoms with Crippen LogP contribution in [-0.2, 0) is 6.42 Å². The molecule has 0 atom stereocenters. The monoisotopic (exact) mass is 263 g/mol. The number of Topliss-reactive ketones (excluding diaryl/α,β-unsaturated/α-hetero) is 1. The molecule has 18 heavy (non-hydrogen) atoms. The maximum absolute atomic E-state index is 11.4. The van der Waals surface area contributed by atoms with Crippen LogP contribution in [-0.4, -0.2) is 30.4 Å². The molecule has 1 heterocycles. The number of aryl methyl sites for hydroxylation is 1. The van der Waals surface area contributed by atoms with Gasteiger partial charge in [-0.3, -0.25) is 4.79 Å². The van der Waals surface area contributed by atoms with E-state index < -0.39 is 0 Å². The Morgan fingerprint density at radius 1 is 1.44 bits per heavy atom. The van der Waals surface area contributed by atoms with Crippen molar-refractivity contribution in [3.63, 3.8) is 0 Å². The number of anilines is 1. The first-order valence-electron chi connectivity index (χ1n) is 6.69. The van der Waals surface area contributed by atoms with E-state index in [9.17, 15) is 4.79 Å². The van der Waals surface area contributed by atoms with E-state index in [0.717, 1.165) is 25.1 Å². The van der Waals surface area contributed by atoms with Crippen molar-refractivity contribution in [2.45, 2.75) is 26.7 Å². The van der Waals surface area contributed by atoms with E-state index in [4.69, 9.17) is 0 Å². The molecule has 1 aliphatic heterocycles. The molecular formula is C15H21NOS. The summed E-state index contributed by atoms with van der Waals surface area (Å²) in [7, 11) is 0. The fraction of sp³-hybridized carbons (Fsp3) is 0.533. The second-order valence-electron chi connectivity index (χ2n) is 4.69. The molecular weight excluding hydrogens is 242 g/mol. The average molecular weight is 263 g/mol. The summed E-state index contributed by atoms with van der Waals surface area (Å²) in [4.78, 5) is 13.9. The van der Waals surface area contributed by atoms with Crippen molar-refractivity contribution in [3.05, 3.63) is 29.3 Å². The summed E-state index contributed by atoms with van der Waals surface area (Å²) >= 11 is 1.99. The second kappa shape index (κ2) is 6.28. The number of carbonyl (C=O) groups excluding carboxylic acids is 1. The molecule has 1 aromatic rings. The zero-order chi connectivity index (χ0) is 13.0. The Bertz CT molecular complexity index is 431. The molecule has 0 unspecified atom stereocenters. The van der Waals surface area contributed by atoms with Gasteiger partial charge in [-0.25, -0.2) is 0 Å². The Labute approximate surface area is 114 Å². The lowest BCUT2D eigenvalue weighted by Gasteiger charge is -2.31. The number of hydrogen-bond acceptors (Lipinski definition) is 3. The Hall–Kier alpha value is -0.960. The van der Waals surface area contributed by atoms with Crippen molar-refractivity contribution < 1.29 is 4.79 Å². The van der Waals surface area contributed by atoms with Crippen LogP contribution in [0.5, 0.6) is 0 Å². The first kappa shape index (κ1) is 13.5. The highest BCUT2D eigenvalue weighted by Gasteiger charge is 2.17. The summed E-state index contributed by atoms with van der Waals surface area (Å²) in [5.41, 5.74) is 3.52. The minimum Gasteiger partial charge on any atom is -0.370 e. The molecule has 2 rings (SSSR count). The van der Waals surface area contributed by atoms with Gasteiger partial charge in [0, 0.05) is 30.1 Å². The number of hydrogen-bond donors (Lipinski definition) is 0. The van der Waals surface area contributed by atoms with E-state index in [1.807, 2.05) is 17.8 Å². The van der Waals surface area contributed by atoms with E-state index in [-0.39, 0.29) is 5.78 Å². The topological polar surface area (TPSA) is 20.3 Å². The van der Waals surface area contributed by atoms with E-state index in [1.54, 1.807) is 6.92 Å². The molecule has 0 radical (unpaired) electrons. The van der Waals surface area contributed by atoms with Gasteiger partial charge in [0.2, 0.25) is 0 Å². The third-order valence-corrected chi connectivity index (χ3v) is 4.29. The van der Waals surface area contributed by atoms with Gasteiger partial charge in [0.05, 0.1) is 0 Å². The molecule has 0 N–H and O–H groups in total. The van der Waals surface area contributed by atoms with Crippen LogP contribution in [0.4, 0.5) is 5.69 Å². The number of rotatable bonds is 5. The van der Waals surface area contributed by atoms with Crippen LogP contribution in [0, 0.1) is 0 Å². The summed E-state index contributed by atoms with van der Waals surface area (Å²) in [5.74, 6) is 2.53. The van der Waals surface area contributed by atoms with Gasteiger partial charge in [-0.2, -0.15) is 11.8 Å². The summed E-state index contributed by atoms with van der Waals surface area (Å²) in [6.45, 7) is 6.11. The highest BCUT2D eigenvalue weighted by Crippen LogP contribution is 2.28. The molecule has 0 fully saturated rings. The summed E-state index contributed by atoms with van der Waals surface area (Å²) in [6.07, 6.45) is 2.30. The van der Waals surface area contributed by atoms with Crippen LogP contribution >= 0.6 is 11.8 Å². The maximum atomic E-state index is 11.4. The normalized spacial score (nSPS) is 14.4. The summed E-state index contributed by atoms with van der Waals surface area (Å²) < 4.78 is 0. The van der Waals surface area contributed by atoms with Gasteiger partial charge in [0.1, 0.15) is 0 Å². The number of nitrogens with zero attached hydrogens (tertiary/aromatic N) is 1. The van der Waals surface area contributed by atoms with Crippen LogP contribution in [0.1, 0.15) is 36.2 Å². The second-order valence-corrected chi connectivity index (χ2v) is 6.08. The SMILES string of the molecule is CCSCCN1CCCc2cc(C(C)=O)ccc21.